The molecule has 3 heterocycles. The van der Waals surface area contributed by atoms with Crippen molar-refractivity contribution in [2.75, 3.05) is 12.3 Å². The van der Waals surface area contributed by atoms with Gasteiger partial charge in [-0.15, -0.1) is 23.1 Å². The van der Waals surface area contributed by atoms with Gasteiger partial charge in [0.05, 0.1) is 11.4 Å². The number of piperidine rings is 1. The zero-order valence-electron chi connectivity index (χ0n) is 12.9. The molecular formula is C15H20N4O2S2. The maximum atomic E-state index is 12.0. The lowest BCUT2D eigenvalue weighted by atomic mass is 10.0. The summed E-state index contributed by atoms with van der Waals surface area (Å²) in [5.41, 5.74) is 0.658. The Hall–Kier alpha value is -1.38. The molecule has 1 aliphatic heterocycles. The van der Waals surface area contributed by atoms with Gasteiger partial charge in [-0.1, -0.05) is 0 Å². The van der Waals surface area contributed by atoms with Crippen LogP contribution >= 0.6 is 23.1 Å². The van der Waals surface area contributed by atoms with Crippen molar-refractivity contribution in [1.82, 2.24) is 20.0 Å². The number of amides is 1. The first kappa shape index (κ1) is 16.5. The van der Waals surface area contributed by atoms with E-state index in [1.807, 2.05) is 5.38 Å². The molecule has 8 heteroatoms. The number of hydrogen-bond donors (Lipinski definition) is 2. The lowest BCUT2D eigenvalue weighted by Crippen LogP contribution is -2.47. The summed E-state index contributed by atoms with van der Waals surface area (Å²) >= 11 is 2.93. The van der Waals surface area contributed by atoms with Crippen LogP contribution in [-0.2, 0) is 10.5 Å². The number of nitrogens with one attached hydrogen (secondary N) is 2. The quantitative estimate of drug-likeness (QED) is 0.847. The second-order valence-corrected chi connectivity index (χ2v) is 7.64. The summed E-state index contributed by atoms with van der Waals surface area (Å²) in [4.78, 5) is 29.0. The van der Waals surface area contributed by atoms with E-state index in [9.17, 15) is 9.59 Å². The molecule has 0 spiro atoms. The number of nitrogens with zero attached hydrogens (tertiary/aromatic N) is 2. The molecule has 124 valence electrons. The van der Waals surface area contributed by atoms with Gasteiger partial charge in [-0.25, -0.2) is 4.98 Å². The van der Waals surface area contributed by atoms with Gasteiger partial charge in [0.15, 0.2) is 4.96 Å². The maximum Gasteiger partial charge on any atom is 0.258 e. The Labute approximate surface area is 142 Å². The number of fused-ring (bicyclic) bond motifs is 1. The fraction of sp³-hybridized carbons (Fsp3) is 0.533. The van der Waals surface area contributed by atoms with Gasteiger partial charge in [0.1, 0.15) is 0 Å². The van der Waals surface area contributed by atoms with Crippen molar-refractivity contribution in [3.63, 3.8) is 0 Å². The standard InChI is InChI=1S/C15H20N4O2S2/c1-10-6-11(2-3-16-10)17-13(20)9-22-8-12-7-14(21)19-4-5-23-15(19)18-12/h4-5,7,10-11,16H,2-3,6,8-9H2,1H3,(H,17,20). The van der Waals surface area contributed by atoms with Crippen LogP contribution in [0.15, 0.2) is 22.4 Å². The summed E-state index contributed by atoms with van der Waals surface area (Å²) in [5, 5.41) is 8.30. The van der Waals surface area contributed by atoms with Gasteiger partial charge in [0.2, 0.25) is 5.91 Å². The minimum Gasteiger partial charge on any atom is -0.353 e. The molecule has 3 rings (SSSR count). The molecule has 0 saturated carbocycles. The van der Waals surface area contributed by atoms with Gasteiger partial charge in [-0.05, 0) is 26.3 Å². The molecule has 0 radical (unpaired) electrons. The molecular weight excluding hydrogens is 332 g/mol. The highest BCUT2D eigenvalue weighted by Crippen LogP contribution is 2.13. The maximum absolute atomic E-state index is 12.0. The number of carbonyl (C=O) groups is 1. The van der Waals surface area contributed by atoms with Gasteiger partial charge in [0, 0.05) is 35.5 Å². The van der Waals surface area contributed by atoms with Crippen LogP contribution in [-0.4, -0.2) is 39.7 Å². The lowest BCUT2D eigenvalue weighted by Gasteiger charge is -2.28. The molecule has 1 amide bonds. The minimum atomic E-state index is -0.0694. The summed E-state index contributed by atoms with van der Waals surface area (Å²) in [5.74, 6) is 1.02. The van der Waals surface area contributed by atoms with E-state index in [1.165, 1.54) is 27.5 Å². The SMILES string of the molecule is CC1CC(NC(=O)CSCc2cc(=O)n3ccsc3n2)CCN1. The van der Waals surface area contributed by atoms with Crippen molar-refractivity contribution < 1.29 is 4.79 Å². The second kappa shape index (κ2) is 7.46. The first-order chi connectivity index (χ1) is 11.1. The minimum absolute atomic E-state index is 0.0584. The van der Waals surface area contributed by atoms with Crippen molar-refractivity contribution in [2.45, 2.75) is 37.6 Å². The molecule has 2 aromatic rings. The molecule has 1 aliphatic rings. The molecule has 0 aliphatic carbocycles. The van der Waals surface area contributed by atoms with E-state index >= 15 is 0 Å². The van der Waals surface area contributed by atoms with Gasteiger partial charge < -0.3 is 10.6 Å². The Morgan fingerprint density at radius 3 is 3.30 bits per heavy atom. The average molecular weight is 352 g/mol. The summed E-state index contributed by atoms with van der Waals surface area (Å²) in [6, 6.07) is 2.26. The Balaban J connectivity index is 1.48. The zero-order valence-corrected chi connectivity index (χ0v) is 14.6. The second-order valence-electron chi connectivity index (χ2n) is 5.78. The highest BCUT2D eigenvalue weighted by Gasteiger charge is 2.19. The summed E-state index contributed by atoms with van der Waals surface area (Å²) in [6.45, 7) is 3.09. The fourth-order valence-corrected chi connectivity index (χ4v) is 4.21. The van der Waals surface area contributed by atoms with Crippen LogP contribution in [0.4, 0.5) is 0 Å². The highest BCUT2D eigenvalue weighted by molar-refractivity contribution is 7.99. The third kappa shape index (κ3) is 4.33. The Morgan fingerprint density at radius 2 is 2.48 bits per heavy atom. The number of thiazole rings is 1. The predicted molar refractivity (Wildman–Crippen MR) is 94.1 cm³/mol. The first-order valence-corrected chi connectivity index (χ1v) is 9.71. The van der Waals surface area contributed by atoms with Gasteiger partial charge in [-0.3, -0.25) is 14.0 Å². The normalized spacial score (nSPS) is 21.4. The topological polar surface area (TPSA) is 75.5 Å². The Kier molecular flexibility index (Phi) is 5.34. The molecule has 6 nitrogen and oxygen atoms in total. The fourth-order valence-electron chi connectivity index (χ4n) is 2.74. The van der Waals surface area contributed by atoms with Gasteiger partial charge in [-0.2, -0.15) is 0 Å². The van der Waals surface area contributed by atoms with Crippen LogP contribution in [0.5, 0.6) is 0 Å². The third-order valence-electron chi connectivity index (χ3n) is 3.83. The average Bonchev–Trinajstić information content (AvgIpc) is 2.96. The van der Waals surface area contributed by atoms with E-state index in [0.29, 0.717) is 22.5 Å². The monoisotopic (exact) mass is 352 g/mol. The van der Waals surface area contributed by atoms with Crippen LogP contribution in [0, 0.1) is 0 Å². The van der Waals surface area contributed by atoms with E-state index in [-0.39, 0.29) is 17.5 Å². The van der Waals surface area contributed by atoms with E-state index < -0.39 is 0 Å². The smallest absolute Gasteiger partial charge is 0.258 e. The van der Waals surface area contributed by atoms with Crippen molar-refractivity contribution in [1.29, 1.82) is 0 Å². The summed E-state index contributed by atoms with van der Waals surface area (Å²) in [7, 11) is 0. The molecule has 1 saturated heterocycles. The molecule has 2 atom stereocenters. The molecule has 0 aromatic carbocycles. The Morgan fingerprint density at radius 1 is 1.61 bits per heavy atom. The molecule has 1 fully saturated rings. The number of rotatable bonds is 5. The zero-order chi connectivity index (χ0) is 16.2. The molecule has 2 N–H and O–H groups in total. The first-order valence-electron chi connectivity index (χ1n) is 7.68. The van der Waals surface area contributed by atoms with E-state index in [4.69, 9.17) is 0 Å². The van der Waals surface area contributed by atoms with Crippen LogP contribution in [0.2, 0.25) is 0 Å². The molecule has 23 heavy (non-hydrogen) atoms. The van der Waals surface area contributed by atoms with E-state index in [1.54, 1.807) is 12.3 Å². The number of carbonyl (C=O) groups excluding carboxylic acids is 1. The summed E-state index contributed by atoms with van der Waals surface area (Å²) < 4.78 is 1.53. The van der Waals surface area contributed by atoms with Crippen LogP contribution < -0.4 is 16.2 Å². The number of aromatic nitrogens is 2. The van der Waals surface area contributed by atoms with E-state index in [0.717, 1.165) is 25.1 Å². The molecule has 0 bridgehead atoms. The van der Waals surface area contributed by atoms with Gasteiger partial charge in [0.25, 0.3) is 5.56 Å². The molecule has 2 aromatic heterocycles. The Bertz CT molecular complexity index is 742. The third-order valence-corrected chi connectivity index (χ3v) is 5.55. The largest absolute Gasteiger partial charge is 0.353 e. The summed E-state index contributed by atoms with van der Waals surface area (Å²) in [6.07, 6.45) is 3.68. The van der Waals surface area contributed by atoms with Crippen molar-refractivity contribution in [3.05, 3.63) is 33.7 Å². The van der Waals surface area contributed by atoms with Crippen molar-refractivity contribution in [2.24, 2.45) is 0 Å². The number of hydrogen-bond acceptors (Lipinski definition) is 6. The molecule has 2 unspecified atom stereocenters. The predicted octanol–water partition coefficient (Wildman–Crippen LogP) is 1.25. The van der Waals surface area contributed by atoms with Crippen molar-refractivity contribution >= 4 is 34.0 Å². The van der Waals surface area contributed by atoms with Crippen LogP contribution in [0.1, 0.15) is 25.5 Å². The highest BCUT2D eigenvalue weighted by atomic mass is 32.2. The van der Waals surface area contributed by atoms with Crippen LogP contribution in [0.3, 0.4) is 0 Å². The number of thioether (sulfide) groups is 1. The van der Waals surface area contributed by atoms with Crippen LogP contribution in [0.25, 0.3) is 4.96 Å². The lowest BCUT2D eigenvalue weighted by molar-refractivity contribution is -0.119. The van der Waals surface area contributed by atoms with E-state index in [2.05, 4.69) is 22.5 Å². The van der Waals surface area contributed by atoms with Gasteiger partial charge >= 0.3 is 0 Å². The van der Waals surface area contributed by atoms with Crippen molar-refractivity contribution in [3.8, 4) is 0 Å².